The fraction of sp³-hybridized carbons (Fsp3) is 0.667. The maximum Gasteiger partial charge on any atom is 0.188 e. The summed E-state index contributed by atoms with van der Waals surface area (Å²) in [6, 6.07) is 0. The molecule has 0 aliphatic carbocycles. The lowest BCUT2D eigenvalue weighted by Gasteiger charge is -1.86. The van der Waals surface area contributed by atoms with E-state index in [4.69, 9.17) is 5.41 Å². The fourth-order valence-corrected chi connectivity index (χ4v) is 0.437. The highest BCUT2D eigenvalue weighted by Crippen LogP contribution is 1.67. The largest absolute Gasteiger partial charge is 0.355 e. The summed E-state index contributed by atoms with van der Waals surface area (Å²) in [5.41, 5.74) is 0. The minimum Gasteiger partial charge on any atom is -0.355 e. The smallest absolute Gasteiger partial charge is 0.188 e. The molecular formula is C3H8IN3. The van der Waals surface area contributed by atoms with Crippen molar-refractivity contribution in [1.82, 2.24) is 10.6 Å². The summed E-state index contributed by atoms with van der Waals surface area (Å²) in [6.07, 6.45) is 0. The SMILES string of the molecule is I.N=C1NCCN1. The van der Waals surface area contributed by atoms with E-state index in [1.807, 2.05) is 0 Å². The van der Waals surface area contributed by atoms with E-state index in [-0.39, 0.29) is 24.0 Å². The molecule has 1 rings (SSSR count). The van der Waals surface area contributed by atoms with Gasteiger partial charge in [-0.05, 0) is 0 Å². The highest BCUT2D eigenvalue weighted by Gasteiger charge is 1.98. The Balaban J connectivity index is 0.000000360. The molecule has 42 valence electrons. The third-order valence-corrected chi connectivity index (χ3v) is 0.729. The molecule has 1 aliphatic rings. The molecule has 0 aromatic heterocycles. The quantitative estimate of drug-likeness (QED) is 0.485. The van der Waals surface area contributed by atoms with Crippen LogP contribution in [0.4, 0.5) is 0 Å². The van der Waals surface area contributed by atoms with E-state index in [1.165, 1.54) is 0 Å². The number of halogens is 1. The van der Waals surface area contributed by atoms with Crippen molar-refractivity contribution in [2.75, 3.05) is 13.1 Å². The van der Waals surface area contributed by atoms with E-state index in [2.05, 4.69) is 10.6 Å². The maximum absolute atomic E-state index is 6.83. The number of hydrogen-bond donors (Lipinski definition) is 3. The Morgan fingerprint density at radius 3 is 1.86 bits per heavy atom. The van der Waals surface area contributed by atoms with Gasteiger partial charge in [0.15, 0.2) is 5.96 Å². The molecule has 0 amide bonds. The van der Waals surface area contributed by atoms with Crippen LogP contribution in [-0.2, 0) is 0 Å². The lowest BCUT2D eigenvalue weighted by atomic mass is 10.7. The molecule has 0 unspecified atom stereocenters. The van der Waals surface area contributed by atoms with E-state index in [1.54, 1.807) is 0 Å². The van der Waals surface area contributed by atoms with Gasteiger partial charge < -0.3 is 10.6 Å². The predicted molar refractivity (Wildman–Crippen MR) is 39.1 cm³/mol. The van der Waals surface area contributed by atoms with Gasteiger partial charge in [-0.2, -0.15) is 0 Å². The summed E-state index contributed by atoms with van der Waals surface area (Å²) in [7, 11) is 0. The van der Waals surface area contributed by atoms with E-state index in [9.17, 15) is 0 Å². The van der Waals surface area contributed by atoms with Crippen LogP contribution in [0.2, 0.25) is 0 Å². The monoisotopic (exact) mass is 213 g/mol. The molecular weight excluding hydrogens is 205 g/mol. The molecule has 1 saturated heterocycles. The molecule has 0 bridgehead atoms. The molecule has 0 spiro atoms. The van der Waals surface area contributed by atoms with Crippen molar-refractivity contribution in [3.63, 3.8) is 0 Å². The molecule has 0 saturated carbocycles. The van der Waals surface area contributed by atoms with E-state index >= 15 is 0 Å². The van der Waals surface area contributed by atoms with Crippen LogP contribution in [0.5, 0.6) is 0 Å². The number of hydrogen-bond acceptors (Lipinski definition) is 1. The maximum atomic E-state index is 6.83. The summed E-state index contributed by atoms with van der Waals surface area (Å²) in [5.74, 6) is 0.454. The minimum atomic E-state index is 0. The zero-order chi connectivity index (χ0) is 4.41. The second-order valence-electron chi connectivity index (χ2n) is 1.23. The Morgan fingerprint density at radius 2 is 1.71 bits per heavy atom. The number of rotatable bonds is 0. The Hall–Kier alpha value is 0. The Kier molecular flexibility index (Phi) is 3.06. The molecule has 0 atom stereocenters. The molecule has 4 heteroatoms. The van der Waals surface area contributed by atoms with Crippen LogP contribution < -0.4 is 10.6 Å². The average Bonchev–Trinajstić information content (AvgIpc) is 1.86. The molecule has 1 heterocycles. The Bertz CT molecular complexity index is 64.6. The third-order valence-electron chi connectivity index (χ3n) is 0.729. The second-order valence-corrected chi connectivity index (χ2v) is 1.23. The van der Waals surface area contributed by atoms with Crippen LogP contribution in [0.15, 0.2) is 0 Å². The van der Waals surface area contributed by atoms with E-state index in [0.29, 0.717) is 5.96 Å². The van der Waals surface area contributed by atoms with Crippen molar-refractivity contribution in [2.24, 2.45) is 0 Å². The molecule has 7 heavy (non-hydrogen) atoms. The summed E-state index contributed by atoms with van der Waals surface area (Å²) in [5, 5.41) is 12.4. The van der Waals surface area contributed by atoms with Gasteiger partial charge in [0, 0.05) is 13.1 Å². The molecule has 0 radical (unpaired) electrons. The summed E-state index contributed by atoms with van der Waals surface area (Å²) < 4.78 is 0. The summed E-state index contributed by atoms with van der Waals surface area (Å²) in [6.45, 7) is 1.80. The zero-order valence-electron chi connectivity index (χ0n) is 3.82. The van der Waals surface area contributed by atoms with Crippen LogP contribution in [0.25, 0.3) is 0 Å². The number of guanidine groups is 1. The van der Waals surface area contributed by atoms with Gasteiger partial charge in [0.05, 0.1) is 0 Å². The molecule has 0 aromatic rings. The van der Waals surface area contributed by atoms with Gasteiger partial charge in [0.2, 0.25) is 0 Å². The second kappa shape index (κ2) is 3.06. The first kappa shape index (κ1) is 7.00. The van der Waals surface area contributed by atoms with Gasteiger partial charge in [0.1, 0.15) is 0 Å². The minimum absolute atomic E-state index is 0. The highest BCUT2D eigenvalue weighted by molar-refractivity contribution is 14.0. The van der Waals surface area contributed by atoms with Crippen molar-refractivity contribution < 1.29 is 0 Å². The highest BCUT2D eigenvalue weighted by atomic mass is 127. The van der Waals surface area contributed by atoms with Crippen molar-refractivity contribution in [3.8, 4) is 0 Å². The van der Waals surface area contributed by atoms with Crippen LogP contribution in [0.1, 0.15) is 0 Å². The van der Waals surface area contributed by atoms with Crippen LogP contribution in [0, 0.1) is 5.41 Å². The van der Waals surface area contributed by atoms with Gasteiger partial charge >= 0.3 is 0 Å². The summed E-state index contributed by atoms with van der Waals surface area (Å²) >= 11 is 0. The van der Waals surface area contributed by atoms with Gasteiger partial charge in [-0.25, -0.2) is 0 Å². The average molecular weight is 213 g/mol. The van der Waals surface area contributed by atoms with Gasteiger partial charge in [-0.1, -0.05) is 0 Å². The van der Waals surface area contributed by atoms with E-state index < -0.39 is 0 Å². The Morgan fingerprint density at radius 1 is 1.29 bits per heavy atom. The van der Waals surface area contributed by atoms with Gasteiger partial charge in [-0.15, -0.1) is 24.0 Å². The van der Waals surface area contributed by atoms with Crippen molar-refractivity contribution >= 4 is 29.9 Å². The molecule has 1 aliphatic heterocycles. The fourth-order valence-electron chi connectivity index (χ4n) is 0.437. The first-order valence-electron chi connectivity index (χ1n) is 1.96. The van der Waals surface area contributed by atoms with Crippen molar-refractivity contribution in [1.29, 1.82) is 5.41 Å². The number of nitrogens with one attached hydrogen (secondary N) is 3. The Labute approximate surface area is 59.4 Å². The standard InChI is InChI=1S/C3H7N3.HI/c4-3-5-1-2-6-3;/h1-2H2,(H3,4,5,6);1H. The predicted octanol–water partition coefficient (Wildman–Crippen LogP) is -0.268. The van der Waals surface area contributed by atoms with E-state index in [0.717, 1.165) is 13.1 Å². The van der Waals surface area contributed by atoms with Crippen molar-refractivity contribution in [2.45, 2.75) is 0 Å². The van der Waals surface area contributed by atoms with Crippen LogP contribution in [-0.4, -0.2) is 19.0 Å². The normalized spacial score (nSPS) is 16.9. The molecule has 3 N–H and O–H groups in total. The zero-order valence-corrected chi connectivity index (χ0v) is 6.15. The van der Waals surface area contributed by atoms with Crippen LogP contribution >= 0.6 is 24.0 Å². The first-order chi connectivity index (χ1) is 2.89. The molecule has 0 aromatic carbocycles. The van der Waals surface area contributed by atoms with Crippen molar-refractivity contribution in [3.05, 3.63) is 0 Å². The van der Waals surface area contributed by atoms with Gasteiger partial charge in [0.25, 0.3) is 0 Å². The first-order valence-corrected chi connectivity index (χ1v) is 1.96. The lowest BCUT2D eigenvalue weighted by Crippen LogP contribution is -2.21. The molecule has 1 fully saturated rings. The van der Waals surface area contributed by atoms with Crippen LogP contribution in [0.3, 0.4) is 0 Å². The third kappa shape index (κ3) is 1.96. The lowest BCUT2D eigenvalue weighted by molar-refractivity contribution is 0.942. The summed E-state index contributed by atoms with van der Waals surface area (Å²) in [4.78, 5) is 0. The topological polar surface area (TPSA) is 47.9 Å². The molecule has 3 nitrogen and oxygen atoms in total. The van der Waals surface area contributed by atoms with Gasteiger partial charge in [-0.3, -0.25) is 5.41 Å².